The van der Waals surface area contributed by atoms with Crippen molar-refractivity contribution in [3.8, 4) is 0 Å². The Bertz CT molecular complexity index is 1240. The van der Waals surface area contributed by atoms with Crippen LogP contribution in [0.1, 0.15) is 53.9 Å². The molecule has 1 heteroatoms. The molecule has 3 aromatic carbocycles. The van der Waals surface area contributed by atoms with Crippen LogP contribution >= 0.6 is 0 Å². The van der Waals surface area contributed by atoms with Crippen LogP contribution in [0.5, 0.6) is 0 Å². The molecule has 3 aromatic rings. The molecule has 1 saturated heterocycles. The molecule has 0 amide bonds. The fourth-order valence-corrected chi connectivity index (χ4v) is 5.24. The van der Waals surface area contributed by atoms with Crippen LogP contribution in [0.4, 0.5) is 0 Å². The third-order valence-electron chi connectivity index (χ3n) is 7.26. The van der Waals surface area contributed by atoms with Crippen molar-refractivity contribution in [2.45, 2.75) is 44.4 Å². The zero-order chi connectivity index (χ0) is 24.4. The molecule has 0 bridgehead atoms. The Labute approximate surface area is 216 Å². The van der Waals surface area contributed by atoms with Crippen LogP contribution in [0, 0.1) is 0 Å². The number of allylic oxidation sites excluding steroid dienone is 8. The quantitative estimate of drug-likeness (QED) is 0.319. The number of aryl methyl sites for hydroxylation is 1. The second-order valence-electron chi connectivity index (χ2n) is 9.94. The number of ether oxygens (including phenoxy) is 1. The third-order valence-corrected chi connectivity index (χ3v) is 7.26. The van der Waals surface area contributed by atoms with Crippen molar-refractivity contribution < 1.29 is 4.74 Å². The molecule has 0 N–H and O–H groups in total. The van der Waals surface area contributed by atoms with Crippen molar-refractivity contribution in [3.05, 3.63) is 149 Å². The maximum Gasteiger partial charge on any atom is 0.0471 e. The predicted octanol–water partition coefficient (Wildman–Crippen LogP) is 8.65. The maximum absolute atomic E-state index is 5.54. The highest BCUT2D eigenvalue weighted by molar-refractivity contribution is 5.78. The van der Waals surface area contributed by atoms with E-state index in [9.17, 15) is 0 Å². The SMILES string of the molecule is C(=CCc1cccc(C2CCOCC2)c1)C=C1C=C(c2ccccc2)C=C(CCc2ccccc2)C1. The predicted molar refractivity (Wildman–Crippen MR) is 152 cm³/mol. The van der Waals surface area contributed by atoms with Gasteiger partial charge in [0.1, 0.15) is 0 Å². The molecule has 1 aliphatic carbocycles. The molecule has 0 atom stereocenters. The molecule has 0 spiro atoms. The Morgan fingerprint density at radius 1 is 0.750 bits per heavy atom. The van der Waals surface area contributed by atoms with Crippen molar-refractivity contribution in [2.75, 3.05) is 13.2 Å². The summed E-state index contributed by atoms with van der Waals surface area (Å²) in [7, 11) is 0. The molecular weight excluding hydrogens is 436 g/mol. The van der Waals surface area contributed by atoms with Crippen LogP contribution < -0.4 is 0 Å². The summed E-state index contributed by atoms with van der Waals surface area (Å²) in [5.74, 6) is 0.648. The van der Waals surface area contributed by atoms with Gasteiger partial charge in [0.25, 0.3) is 0 Å². The Morgan fingerprint density at radius 3 is 2.31 bits per heavy atom. The Kier molecular flexibility index (Phi) is 8.44. The number of benzene rings is 3. The van der Waals surface area contributed by atoms with E-state index in [4.69, 9.17) is 4.74 Å². The first-order chi connectivity index (χ1) is 17.8. The summed E-state index contributed by atoms with van der Waals surface area (Å²) in [6.45, 7) is 1.78. The van der Waals surface area contributed by atoms with Gasteiger partial charge in [0.2, 0.25) is 0 Å². The van der Waals surface area contributed by atoms with E-state index in [2.05, 4.69) is 115 Å². The van der Waals surface area contributed by atoms with E-state index in [-0.39, 0.29) is 0 Å². The number of hydrogen-bond donors (Lipinski definition) is 0. The fourth-order valence-electron chi connectivity index (χ4n) is 5.24. The molecule has 1 nitrogen and oxygen atoms in total. The van der Waals surface area contributed by atoms with Crippen molar-refractivity contribution in [1.29, 1.82) is 0 Å². The van der Waals surface area contributed by atoms with Gasteiger partial charge in [0, 0.05) is 13.2 Å². The van der Waals surface area contributed by atoms with Gasteiger partial charge in [0.05, 0.1) is 0 Å². The lowest BCUT2D eigenvalue weighted by Gasteiger charge is -2.22. The molecule has 2 aliphatic rings. The van der Waals surface area contributed by atoms with Gasteiger partial charge in [-0.15, -0.1) is 0 Å². The molecule has 0 radical (unpaired) electrons. The van der Waals surface area contributed by atoms with E-state index in [1.54, 1.807) is 0 Å². The van der Waals surface area contributed by atoms with Gasteiger partial charge in [-0.05, 0) is 77.8 Å². The van der Waals surface area contributed by atoms with Crippen LogP contribution in [0.25, 0.3) is 5.57 Å². The maximum atomic E-state index is 5.54. The Balaban J connectivity index is 1.27. The lowest BCUT2D eigenvalue weighted by Crippen LogP contribution is -2.14. The summed E-state index contributed by atoms with van der Waals surface area (Å²) < 4.78 is 5.54. The van der Waals surface area contributed by atoms with Crippen LogP contribution in [-0.4, -0.2) is 13.2 Å². The smallest absolute Gasteiger partial charge is 0.0471 e. The van der Waals surface area contributed by atoms with Crippen LogP contribution in [0.15, 0.2) is 126 Å². The summed E-state index contributed by atoms with van der Waals surface area (Å²) in [4.78, 5) is 0. The number of hydrogen-bond acceptors (Lipinski definition) is 1. The minimum atomic E-state index is 0.648. The summed E-state index contributed by atoms with van der Waals surface area (Å²) in [5, 5.41) is 0. The summed E-state index contributed by atoms with van der Waals surface area (Å²) in [5.41, 5.74) is 9.75. The summed E-state index contributed by atoms with van der Waals surface area (Å²) in [6, 6.07) is 30.7. The first-order valence-corrected chi connectivity index (χ1v) is 13.4. The molecule has 1 heterocycles. The average molecular weight is 473 g/mol. The van der Waals surface area contributed by atoms with Gasteiger partial charge >= 0.3 is 0 Å². The normalized spacial score (nSPS) is 17.8. The highest BCUT2D eigenvalue weighted by Crippen LogP contribution is 2.31. The van der Waals surface area contributed by atoms with Crippen LogP contribution in [0.3, 0.4) is 0 Å². The van der Waals surface area contributed by atoms with Crippen molar-refractivity contribution in [1.82, 2.24) is 0 Å². The van der Waals surface area contributed by atoms with Crippen LogP contribution in [0.2, 0.25) is 0 Å². The summed E-state index contributed by atoms with van der Waals surface area (Å²) >= 11 is 0. The molecule has 0 unspecified atom stereocenters. The monoisotopic (exact) mass is 472 g/mol. The van der Waals surface area contributed by atoms with Crippen molar-refractivity contribution in [2.24, 2.45) is 0 Å². The minimum Gasteiger partial charge on any atom is -0.381 e. The van der Waals surface area contributed by atoms with Gasteiger partial charge in [-0.1, -0.05) is 121 Å². The van der Waals surface area contributed by atoms with E-state index in [0.717, 1.165) is 51.7 Å². The van der Waals surface area contributed by atoms with E-state index < -0.39 is 0 Å². The topological polar surface area (TPSA) is 9.23 Å². The fraction of sp³-hybridized carbons (Fsp3) is 0.257. The molecule has 0 aromatic heterocycles. The number of rotatable bonds is 8. The van der Waals surface area contributed by atoms with E-state index in [1.165, 1.54) is 39.0 Å². The highest BCUT2D eigenvalue weighted by Gasteiger charge is 2.16. The largest absolute Gasteiger partial charge is 0.381 e. The molecule has 36 heavy (non-hydrogen) atoms. The molecular formula is C35H36O. The zero-order valence-electron chi connectivity index (χ0n) is 21.1. The Hall–Kier alpha value is -3.42. The first-order valence-electron chi connectivity index (χ1n) is 13.4. The van der Waals surface area contributed by atoms with Gasteiger partial charge in [-0.25, -0.2) is 0 Å². The lowest BCUT2D eigenvalue weighted by atomic mass is 9.88. The van der Waals surface area contributed by atoms with Gasteiger partial charge < -0.3 is 4.74 Å². The van der Waals surface area contributed by atoms with E-state index in [1.807, 2.05) is 0 Å². The lowest BCUT2D eigenvalue weighted by molar-refractivity contribution is 0.0853. The second kappa shape index (κ2) is 12.5. The second-order valence-corrected chi connectivity index (χ2v) is 9.94. The van der Waals surface area contributed by atoms with Crippen molar-refractivity contribution in [3.63, 3.8) is 0 Å². The van der Waals surface area contributed by atoms with Gasteiger partial charge in [-0.2, -0.15) is 0 Å². The molecule has 182 valence electrons. The molecule has 0 saturated carbocycles. The van der Waals surface area contributed by atoms with E-state index in [0.29, 0.717) is 5.92 Å². The van der Waals surface area contributed by atoms with Crippen molar-refractivity contribution >= 4 is 5.57 Å². The first kappa shape index (κ1) is 24.3. The molecule has 5 rings (SSSR count). The average Bonchev–Trinajstić information content (AvgIpc) is 2.96. The molecule has 1 aliphatic heterocycles. The standard InChI is InChI=1S/C35H36O/c1-3-10-28(11-4-1)18-19-31-24-30(26-35(27-31)32-15-5-2-6-16-32)13-8-7-12-29-14-9-17-34(25-29)33-20-22-36-23-21-33/h1-11,13-17,25-27,33H,12,18-24H2. The van der Waals surface area contributed by atoms with Crippen LogP contribution in [-0.2, 0) is 17.6 Å². The highest BCUT2D eigenvalue weighted by atomic mass is 16.5. The van der Waals surface area contributed by atoms with Gasteiger partial charge in [-0.3, -0.25) is 0 Å². The Morgan fingerprint density at radius 2 is 1.50 bits per heavy atom. The minimum absolute atomic E-state index is 0.648. The van der Waals surface area contributed by atoms with E-state index >= 15 is 0 Å². The molecule has 1 fully saturated rings. The summed E-state index contributed by atoms with van der Waals surface area (Å²) in [6.07, 6.45) is 18.1. The third kappa shape index (κ3) is 6.83. The zero-order valence-corrected chi connectivity index (χ0v) is 21.1. The van der Waals surface area contributed by atoms with Gasteiger partial charge in [0.15, 0.2) is 0 Å².